The molecule has 0 radical (unpaired) electrons. The Morgan fingerprint density at radius 1 is 0.574 bits per heavy atom. The van der Waals surface area contributed by atoms with Crippen molar-refractivity contribution in [2.24, 2.45) is 0 Å². The number of para-hydroxylation sites is 3. The van der Waals surface area contributed by atoms with Gasteiger partial charge in [0.2, 0.25) is 0 Å². The van der Waals surface area contributed by atoms with Gasteiger partial charge in [-0.1, -0.05) is 145 Å². The Morgan fingerprint density at radius 3 is 2.07 bits per heavy atom. The molecule has 5 heteroatoms. The molecule has 0 aliphatic heterocycles. The molecule has 0 bridgehead atoms. The van der Waals surface area contributed by atoms with E-state index in [0.717, 1.165) is 11.1 Å². The zero-order valence-electron chi connectivity index (χ0n) is 49.9. The summed E-state index contributed by atoms with van der Waals surface area (Å²) in [6, 6.07) is 32.5. The third-order valence-corrected chi connectivity index (χ3v) is 10.5. The Balaban J connectivity index is 1.09. The molecule has 5 nitrogen and oxygen atoms in total. The van der Waals surface area contributed by atoms with Crippen molar-refractivity contribution in [1.82, 2.24) is 14.1 Å². The maximum absolute atomic E-state index is 9.28. The van der Waals surface area contributed by atoms with Gasteiger partial charge in [0.15, 0.2) is 0 Å². The smallest absolute Gasteiger partial charge is 0.269 e. The summed E-state index contributed by atoms with van der Waals surface area (Å²) in [6.07, 6.45) is 2.56. The zero-order chi connectivity index (χ0) is 56.3. The number of nitrogens with zero attached hydrogens (tertiary/aromatic N) is 4. The quantitative estimate of drug-likeness (QED) is 0.113. The predicted octanol–water partition coefficient (Wildman–Crippen LogP) is 13.6. The van der Waals surface area contributed by atoms with Crippen LogP contribution in [0, 0.1) is 20.0 Å². The fourth-order valence-electron chi connectivity index (χ4n) is 7.77. The van der Waals surface area contributed by atoms with E-state index in [-0.39, 0.29) is 39.5 Å². The molecule has 0 unspecified atom stereocenters. The first-order valence-corrected chi connectivity index (χ1v) is 19.1. The molecule has 0 saturated heterocycles. The van der Waals surface area contributed by atoms with Gasteiger partial charge in [-0.05, 0) is 107 Å². The molecule has 3 heterocycles. The second-order valence-electron chi connectivity index (χ2n) is 14.1. The Bertz CT molecular complexity index is 4210. The fourth-order valence-corrected chi connectivity index (χ4v) is 7.77. The van der Waals surface area contributed by atoms with Crippen molar-refractivity contribution < 1.29 is 34.0 Å². The summed E-state index contributed by atoms with van der Waals surface area (Å²) < 4.78 is 166. The van der Waals surface area contributed by atoms with E-state index in [1.54, 1.807) is 81.9 Å². The molecule has 11 rings (SSSR count). The van der Waals surface area contributed by atoms with E-state index >= 15 is 0 Å². The van der Waals surface area contributed by atoms with E-state index in [4.69, 9.17) is 28.0 Å². The maximum atomic E-state index is 9.28. The molecule has 8 aromatic carbocycles. The van der Waals surface area contributed by atoms with Crippen molar-refractivity contribution in [2.75, 3.05) is 0 Å². The van der Waals surface area contributed by atoms with Crippen LogP contribution in [-0.2, 0) is 0 Å². The number of imidazole rings is 1. The summed E-state index contributed by atoms with van der Waals surface area (Å²) in [5.41, 5.74) is 2.37. The van der Waals surface area contributed by atoms with Crippen molar-refractivity contribution in [3.63, 3.8) is 0 Å². The molecule has 290 valence electrons. The monoisotopic (exact) mass is 802 g/mol. The highest BCUT2D eigenvalue weighted by atomic mass is 16.5. The van der Waals surface area contributed by atoms with Gasteiger partial charge in [-0.15, -0.1) is 0 Å². The van der Waals surface area contributed by atoms with Crippen molar-refractivity contribution in [3.8, 4) is 62.1 Å². The molecule has 0 atom stereocenters. The lowest BCUT2D eigenvalue weighted by molar-refractivity contribution is -0.571. The van der Waals surface area contributed by atoms with E-state index in [1.165, 1.54) is 22.8 Å². The lowest BCUT2D eigenvalue weighted by atomic mass is 9.95. The van der Waals surface area contributed by atoms with Crippen molar-refractivity contribution in [2.45, 2.75) is 13.7 Å². The zero-order valence-corrected chi connectivity index (χ0v) is 31.9. The van der Waals surface area contributed by atoms with Gasteiger partial charge in [-0.3, -0.25) is 13.7 Å². The van der Waals surface area contributed by atoms with E-state index in [2.05, 4.69) is 11.3 Å². The van der Waals surface area contributed by atoms with Gasteiger partial charge in [0.05, 0.1) is 49.9 Å². The Kier molecular flexibility index (Phi) is 5.36. The molecular weight excluding hydrogens is 745 g/mol. The lowest BCUT2D eigenvalue weighted by Gasteiger charge is -2.17. The van der Waals surface area contributed by atoms with Gasteiger partial charge in [0, 0.05) is 31.2 Å². The molecule has 0 aliphatic carbocycles. The second-order valence-corrected chi connectivity index (χ2v) is 14.1. The Hall–Kier alpha value is -8.02. The van der Waals surface area contributed by atoms with E-state index in [1.807, 2.05) is 42.5 Å². The molecule has 3 aromatic heterocycles. The highest BCUT2D eigenvalue weighted by Gasteiger charge is 2.20. The van der Waals surface area contributed by atoms with Crippen LogP contribution in [-0.4, -0.2) is 14.1 Å². The number of ether oxygens (including phenoxy) is 1. The first-order chi connectivity index (χ1) is 37.5. The van der Waals surface area contributed by atoms with Crippen molar-refractivity contribution in [1.29, 1.82) is 0 Å². The molecule has 0 N–H and O–H groups in total. The second kappa shape index (κ2) is 15.0. The molecule has 0 aliphatic rings. The maximum Gasteiger partial charge on any atom is 0.269 e. The van der Waals surface area contributed by atoms with Crippen LogP contribution in [0.4, 0.5) is 0 Å². The number of hydrogen-bond donors (Lipinski definition) is 0. The van der Waals surface area contributed by atoms with Gasteiger partial charge in [0.25, 0.3) is 6.33 Å². The molecule has 0 saturated carbocycles. The number of rotatable bonds is 8. The van der Waals surface area contributed by atoms with Gasteiger partial charge in [0.1, 0.15) is 17.3 Å². The number of benzene rings is 8. The summed E-state index contributed by atoms with van der Waals surface area (Å²) in [5.74, 6) is 0.307. The average Bonchev–Trinajstić information content (AvgIpc) is 4.24. The molecule has 61 heavy (non-hydrogen) atoms. The van der Waals surface area contributed by atoms with Crippen LogP contribution in [0.2, 0.25) is 0 Å². The van der Waals surface area contributed by atoms with Crippen LogP contribution >= 0.6 is 0 Å². The van der Waals surface area contributed by atoms with Crippen molar-refractivity contribution in [3.05, 3.63) is 224 Å². The first kappa shape index (κ1) is 21.8. The largest absolute Gasteiger partial charge is 0.458 e. The Labute approximate surface area is 379 Å². The van der Waals surface area contributed by atoms with Crippen LogP contribution < -0.4 is 9.30 Å². The lowest BCUT2D eigenvalue weighted by Crippen LogP contribution is -2.31. The number of pyridine rings is 1. The summed E-state index contributed by atoms with van der Waals surface area (Å²) >= 11 is 0. The number of fused-ring (bicyclic) bond motifs is 4. The molecule has 11 aromatic rings. The fraction of sp³-hybridized carbons (Fsp3) is 0.0357. The van der Waals surface area contributed by atoms with E-state index < -0.39 is 97.5 Å². The third-order valence-electron chi connectivity index (χ3n) is 10.5. The van der Waals surface area contributed by atoms with E-state index in [0.29, 0.717) is 44.3 Å². The molecule has 0 spiro atoms. The van der Waals surface area contributed by atoms with Crippen LogP contribution in [0.5, 0.6) is 11.5 Å². The normalized spacial score (nSPS) is 16.1. The molecule has 0 amide bonds. The number of hydrogen-bond acceptors (Lipinski definition) is 2. The third kappa shape index (κ3) is 6.44. The van der Waals surface area contributed by atoms with Crippen LogP contribution in [0.1, 0.15) is 35.8 Å². The topological polar surface area (TPSA) is 35.9 Å². The predicted molar refractivity (Wildman–Crippen MR) is 248 cm³/mol. The van der Waals surface area contributed by atoms with Gasteiger partial charge >= 0.3 is 0 Å². The van der Waals surface area contributed by atoms with Crippen LogP contribution in [0.25, 0.3) is 83.4 Å². The summed E-state index contributed by atoms with van der Waals surface area (Å²) in [6.45, 7) is -6.17. The minimum atomic E-state index is -3.10. The van der Waals surface area contributed by atoms with Crippen LogP contribution in [0.15, 0.2) is 206 Å². The minimum Gasteiger partial charge on any atom is -0.458 e. The summed E-state index contributed by atoms with van der Waals surface area (Å²) in [5, 5.41) is 1.32. The highest BCUT2D eigenvalue weighted by Crippen LogP contribution is 2.38. The van der Waals surface area contributed by atoms with Crippen LogP contribution in [0.3, 0.4) is 0 Å². The minimum absolute atomic E-state index is 0.0844. The first-order valence-electron chi connectivity index (χ1n) is 28.1. The molecular formula is C56H40N4O. The standard InChI is InChI=1S/C56H40N4O/c1-38-32-55(57-36-39(38)2)60-51-31-28-43(40-16-6-3-7-17-40)33-50(51)49-30-29-46(35-54(49)60)61-45-23-14-22-44(34-45)58-37-59(53-27-13-12-26-52(53)58)56-47(41-18-8-4-9-19-41)24-15-25-48(56)42-20-10-5-11-21-42/h3-36H,1-2H3/i1D3,2D3,4D,5D,8D,9D,10D,11D,18D,19D,20D,21D,32D,36D. The SMILES string of the molecule is [2H]c1nc(-n2c3ccc(-c4ccccc4)cc3c3ccc(Oc4cccc(-n5[c-][n+](-c6c(-c7c([2H])c([2H])c([2H])c([2H])c7[2H])cccc6-c6c([2H])c([2H])c([2H])c([2H])c6[2H])c6ccccc65)c4)cc32)c([2H])c(C([2H])([2H])[2H])c1C([2H])([2H])[2H]. The number of aromatic nitrogens is 4. The van der Waals surface area contributed by atoms with Gasteiger partial charge in [-0.2, -0.15) is 0 Å². The average molecular weight is 803 g/mol. The van der Waals surface area contributed by atoms with E-state index in [9.17, 15) is 1.37 Å². The molecule has 0 fully saturated rings. The van der Waals surface area contributed by atoms with Crippen molar-refractivity contribution >= 4 is 32.8 Å². The summed E-state index contributed by atoms with van der Waals surface area (Å²) in [7, 11) is 0. The Morgan fingerprint density at radius 2 is 1.30 bits per heavy atom. The highest BCUT2D eigenvalue weighted by molar-refractivity contribution is 6.10. The van der Waals surface area contributed by atoms with Gasteiger partial charge in [-0.25, -0.2) is 4.98 Å². The summed E-state index contributed by atoms with van der Waals surface area (Å²) in [4.78, 5) is 4.33. The van der Waals surface area contributed by atoms with Gasteiger partial charge < -0.3 is 4.74 Å².